The molecule has 1 aliphatic heterocycles. The number of nitrogens with zero attached hydrogens (tertiary/aromatic N) is 1. The Morgan fingerprint density at radius 1 is 1.14 bits per heavy atom. The molecule has 0 radical (unpaired) electrons. The Morgan fingerprint density at radius 2 is 1.89 bits per heavy atom. The van der Waals surface area contributed by atoms with E-state index in [-0.39, 0.29) is 24.2 Å². The van der Waals surface area contributed by atoms with Gasteiger partial charge < -0.3 is 14.4 Å². The number of hydrogen-bond donors (Lipinski definition) is 0. The first-order valence-electron chi connectivity index (χ1n) is 9.22. The monoisotopic (exact) mass is 391 g/mol. The number of rotatable bonds is 5. The molecule has 2 aromatic carbocycles. The number of hydrogen-bond acceptors (Lipinski definition) is 3. The second-order valence-electron chi connectivity index (χ2n) is 7.07. The van der Waals surface area contributed by atoms with E-state index in [1.807, 2.05) is 19.1 Å². The summed E-state index contributed by atoms with van der Waals surface area (Å²) in [6.07, 6.45) is -3.97. The molecular weight excluding hydrogens is 371 g/mol. The number of benzene rings is 2. The molecule has 0 aromatic heterocycles. The van der Waals surface area contributed by atoms with Crippen molar-refractivity contribution in [2.45, 2.75) is 32.0 Å². The molecule has 4 nitrogen and oxygen atoms in total. The van der Waals surface area contributed by atoms with Crippen LogP contribution in [-0.4, -0.2) is 24.1 Å². The molecule has 7 heteroatoms. The quantitative estimate of drug-likeness (QED) is 0.749. The highest BCUT2D eigenvalue weighted by Crippen LogP contribution is 2.51. The van der Waals surface area contributed by atoms with Crippen LogP contribution in [0.1, 0.15) is 36.0 Å². The summed E-state index contributed by atoms with van der Waals surface area (Å²) in [7, 11) is 0. The number of fused-ring (bicyclic) bond motifs is 1. The van der Waals surface area contributed by atoms with Crippen molar-refractivity contribution < 1.29 is 27.4 Å². The van der Waals surface area contributed by atoms with E-state index in [1.165, 1.54) is 12.1 Å². The van der Waals surface area contributed by atoms with Gasteiger partial charge >= 0.3 is 6.18 Å². The minimum absolute atomic E-state index is 0.109. The Kier molecular flexibility index (Phi) is 4.69. The van der Waals surface area contributed by atoms with E-state index < -0.39 is 17.7 Å². The molecule has 1 saturated carbocycles. The molecule has 1 amide bonds. The lowest BCUT2D eigenvalue weighted by molar-refractivity contribution is -0.138. The number of carbonyl (C=O) groups is 1. The van der Waals surface area contributed by atoms with Gasteiger partial charge in [-0.25, -0.2) is 0 Å². The van der Waals surface area contributed by atoms with Gasteiger partial charge in [-0.1, -0.05) is 24.3 Å². The van der Waals surface area contributed by atoms with Gasteiger partial charge in [0, 0.05) is 19.0 Å². The van der Waals surface area contributed by atoms with Gasteiger partial charge in [-0.05, 0) is 48.6 Å². The van der Waals surface area contributed by atoms with Crippen LogP contribution in [0, 0.1) is 5.92 Å². The minimum Gasteiger partial charge on any atom is -0.454 e. The van der Waals surface area contributed by atoms with Crippen molar-refractivity contribution >= 4 is 5.91 Å². The zero-order chi connectivity index (χ0) is 19.9. The lowest BCUT2D eigenvalue weighted by atomic mass is 10.0. The molecule has 1 aliphatic carbocycles. The van der Waals surface area contributed by atoms with E-state index >= 15 is 0 Å². The van der Waals surface area contributed by atoms with E-state index in [0.29, 0.717) is 31.0 Å². The van der Waals surface area contributed by atoms with Crippen molar-refractivity contribution in [1.29, 1.82) is 0 Å². The van der Waals surface area contributed by atoms with Crippen LogP contribution >= 0.6 is 0 Å². The molecule has 28 heavy (non-hydrogen) atoms. The molecule has 0 spiro atoms. The highest BCUT2D eigenvalue weighted by Gasteiger charge is 2.48. The lowest BCUT2D eigenvalue weighted by Crippen LogP contribution is -2.32. The summed E-state index contributed by atoms with van der Waals surface area (Å²) >= 11 is 0. The van der Waals surface area contributed by atoms with Crippen LogP contribution < -0.4 is 9.47 Å². The molecule has 1 fully saturated rings. The lowest BCUT2D eigenvalue weighted by Gasteiger charge is -2.22. The third-order valence-corrected chi connectivity index (χ3v) is 5.28. The molecule has 2 atom stereocenters. The Bertz CT molecular complexity index is 897. The molecule has 2 unspecified atom stereocenters. The molecule has 148 valence electrons. The standard InChI is InChI=1S/C21H20F3NO3/c1-2-25(11-13-7-8-18-19(9-13)28-12-27-18)20(26)16-10-15(16)14-5-3-4-6-17(14)21(22,23)24/h3-9,15-16H,2,10-12H2,1H3. The maximum absolute atomic E-state index is 13.3. The van der Waals surface area contributed by atoms with Crippen molar-refractivity contribution in [3.8, 4) is 11.5 Å². The molecule has 0 saturated heterocycles. The molecular formula is C21H20F3NO3. The van der Waals surface area contributed by atoms with Crippen LogP contribution in [0.4, 0.5) is 13.2 Å². The maximum Gasteiger partial charge on any atom is 0.416 e. The summed E-state index contributed by atoms with van der Waals surface area (Å²) in [6, 6.07) is 11.0. The number of amides is 1. The van der Waals surface area contributed by atoms with Gasteiger partial charge in [0.2, 0.25) is 12.7 Å². The highest BCUT2D eigenvalue weighted by molar-refractivity contribution is 5.83. The van der Waals surface area contributed by atoms with Crippen LogP contribution in [0.5, 0.6) is 11.5 Å². The van der Waals surface area contributed by atoms with E-state index in [4.69, 9.17) is 9.47 Å². The number of ether oxygens (including phenoxy) is 2. The predicted octanol–water partition coefficient (Wildman–Crippen LogP) is 4.59. The van der Waals surface area contributed by atoms with Crippen LogP contribution in [0.2, 0.25) is 0 Å². The summed E-state index contributed by atoms with van der Waals surface area (Å²) in [6.45, 7) is 2.91. The fraction of sp³-hybridized carbons (Fsp3) is 0.381. The third-order valence-electron chi connectivity index (χ3n) is 5.28. The third kappa shape index (κ3) is 3.53. The average molecular weight is 391 g/mol. The largest absolute Gasteiger partial charge is 0.454 e. The predicted molar refractivity (Wildman–Crippen MR) is 95.9 cm³/mol. The van der Waals surface area contributed by atoms with Gasteiger partial charge in [0.15, 0.2) is 11.5 Å². The smallest absolute Gasteiger partial charge is 0.416 e. The first-order valence-corrected chi connectivity index (χ1v) is 9.22. The number of carbonyl (C=O) groups excluding carboxylic acids is 1. The fourth-order valence-corrected chi connectivity index (χ4v) is 3.73. The van der Waals surface area contributed by atoms with Crippen molar-refractivity contribution in [3.63, 3.8) is 0 Å². The first-order chi connectivity index (χ1) is 13.4. The highest BCUT2D eigenvalue weighted by atomic mass is 19.4. The van der Waals surface area contributed by atoms with E-state index in [1.54, 1.807) is 17.0 Å². The zero-order valence-electron chi connectivity index (χ0n) is 15.3. The average Bonchev–Trinajstić information content (AvgIpc) is 3.34. The molecule has 0 N–H and O–H groups in total. The van der Waals surface area contributed by atoms with E-state index in [9.17, 15) is 18.0 Å². The van der Waals surface area contributed by atoms with Crippen LogP contribution in [-0.2, 0) is 17.5 Å². The molecule has 0 bridgehead atoms. The normalized spacial score (nSPS) is 20.1. The second kappa shape index (κ2) is 7.04. The summed E-state index contributed by atoms with van der Waals surface area (Å²) in [4.78, 5) is 14.6. The molecule has 2 aromatic rings. The van der Waals surface area contributed by atoms with E-state index in [2.05, 4.69) is 0 Å². The Morgan fingerprint density at radius 3 is 2.64 bits per heavy atom. The molecule has 4 rings (SSSR count). The summed E-state index contributed by atoms with van der Waals surface area (Å²) in [5, 5.41) is 0. The van der Waals surface area contributed by atoms with Crippen molar-refractivity contribution in [2.75, 3.05) is 13.3 Å². The van der Waals surface area contributed by atoms with E-state index in [0.717, 1.165) is 11.6 Å². The SMILES string of the molecule is CCN(Cc1ccc2c(c1)OCO2)C(=O)C1CC1c1ccccc1C(F)(F)F. The van der Waals surface area contributed by atoms with Crippen molar-refractivity contribution in [2.24, 2.45) is 5.92 Å². The van der Waals surface area contributed by atoms with Crippen LogP contribution in [0.25, 0.3) is 0 Å². The van der Waals surface area contributed by atoms with Crippen LogP contribution in [0.3, 0.4) is 0 Å². The van der Waals surface area contributed by atoms with Gasteiger partial charge in [0.25, 0.3) is 0 Å². The van der Waals surface area contributed by atoms with Gasteiger partial charge in [0.05, 0.1) is 5.56 Å². The Balaban J connectivity index is 1.48. The number of alkyl halides is 3. The molecule has 1 heterocycles. The van der Waals surface area contributed by atoms with Crippen molar-refractivity contribution in [3.05, 3.63) is 59.2 Å². The topological polar surface area (TPSA) is 38.8 Å². The summed E-state index contributed by atoms with van der Waals surface area (Å²) < 4.78 is 50.5. The van der Waals surface area contributed by atoms with Crippen LogP contribution in [0.15, 0.2) is 42.5 Å². The zero-order valence-corrected chi connectivity index (χ0v) is 15.3. The summed E-state index contributed by atoms with van der Waals surface area (Å²) in [5.41, 5.74) is 0.467. The number of halogens is 3. The first kappa shape index (κ1) is 18.7. The van der Waals surface area contributed by atoms with Gasteiger partial charge in [-0.3, -0.25) is 4.79 Å². The molecule has 2 aliphatic rings. The van der Waals surface area contributed by atoms with Gasteiger partial charge in [0.1, 0.15) is 0 Å². The minimum atomic E-state index is -4.41. The van der Waals surface area contributed by atoms with Gasteiger partial charge in [-0.15, -0.1) is 0 Å². The second-order valence-corrected chi connectivity index (χ2v) is 7.07. The summed E-state index contributed by atoms with van der Waals surface area (Å²) in [5.74, 6) is 0.421. The fourth-order valence-electron chi connectivity index (χ4n) is 3.73. The Hall–Kier alpha value is -2.70. The van der Waals surface area contributed by atoms with Gasteiger partial charge in [-0.2, -0.15) is 13.2 Å². The maximum atomic E-state index is 13.3. The van der Waals surface area contributed by atoms with Crippen molar-refractivity contribution in [1.82, 2.24) is 4.90 Å². The Labute approximate surface area is 160 Å².